The zero-order valence-electron chi connectivity index (χ0n) is 10.5. The summed E-state index contributed by atoms with van der Waals surface area (Å²) in [6, 6.07) is 7.19. The molecule has 3 nitrogen and oxygen atoms in total. The second-order valence-corrected chi connectivity index (χ2v) is 6.17. The van der Waals surface area contributed by atoms with Crippen molar-refractivity contribution in [3.8, 4) is 0 Å². The Kier molecular flexibility index (Phi) is 4.13. The molecule has 0 saturated heterocycles. The normalized spacial score (nSPS) is 11.4. The Balaban J connectivity index is 2.38. The number of halogens is 3. The third-order valence-corrected chi connectivity index (χ3v) is 4.38. The first-order chi connectivity index (χ1) is 9.83. The van der Waals surface area contributed by atoms with Crippen LogP contribution in [0.2, 0.25) is 0 Å². The number of carbonyl (C=O) groups is 1. The number of ketones is 1. The fourth-order valence-corrected chi connectivity index (χ4v) is 3.08. The molecule has 0 spiro atoms. The zero-order valence-corrected chi connectivity index (χ0v) is 11.3. The van der Waals surface area contributed by atoms with Gasteiger partial charge in [-0.05, 0) is 24.3 Å². The molecule has 0 fully saturated rings. The Morgan fingerprint density at radius 1 is 0.857 bits per heavy atom. The molecule has 2 aromatic rings. The number of benzene rings is 2. The Hall–Kier alpha value is -2.15. The van der Waals surface area contributed by atoms with Crippen LogP contribution in [0, 0.1) is 17.5 Å². The molecule has 0 aromatic heterocycles. The summed E-state index contributed by atoms with van der Waals surface area (Å²) < 4.78 is 64.2. The molecule has 0 bridgehead atoms. The fourth-order valence-electron chi connectivity index (χ4n) is 1.78. The zero-order chi connectivity index (χ0) is 15.6. The van der Waals surface area contributed by atoms with Crippen LogP contribution in [0.4, 0.5) is 13.2 Å². The van der Waals surface area contributed by atoms with Crippen LogP contribution in [0.5, 0.6) is 0 Å². The number of hydrogen-bond acceptors (Lipinski definition) is 3. The van der Waals surface area contributed by atoms with E-state index in [4.69, 9.17) is 0 Å². The Morgan fingerprint density at radius 3 is 1.95 bits per heavy atom. The summed E-state index contributed by atoms with van der Waals surface area (Å²) in [4.78, 5) is 11.1. The summed E-state index contributed by atoms with van der Waals surface area (Å²) in [5.41, 5.74) is -0.947. The molecule has 0 amide bonds. The SMILES string of the molecule is O=C(CS(=O)(=O)c1ccccc1F)c1c(F)cccc1F. The van der Waals surface area contributed by atoms with Crippen molar-refractivity contribution in [3.63, 3.8) is 0 Å². The van der Waals surface area contributed by atoms with E-state index in [2.05, 4.69) is 0 Å². The highest BCUT2D eigenvalue weighted by atomic mass is 32.2. The van der Waals surface area contributed by atoms with Crippen molar-refractivity contribution < 1.29 is 26.4 Å². The van der Waals surface area contributed by atoms with Crippen LogP contribution < -0.4 is 0 Å². The Morgan fingerprint density at radius 2 is 1.38 bits per heavy atom. The van der Waals surface area contributed by atoms with Crippen molar-refractivity contribution >= 4 is 15.6 Å². The van der Waals surface area contributed by atoms with Crippen molar-refractivity contribution in [2.45, 2.75) is 4.90 Å². The lowest BCUT2D eigenvalue weighted by Gasteiger charge is -2.06. The number of hydrogen-bond donors (Lipinski definition) is 0. The molecule has 0 aliphatic heterocycles. The highest BCUT2D eigenvalue weighted by Crippen LogP contribution is 2.19. The van der Waals surface area contributed by atoms with E-state index in [0.29, 0.717) is 0 Å². The predicted molar refractivity (Wildman–Crippen MR) is 69.1 cm³/mol. The summed E-state index contributed by atoms with van der Waals surface area (Å²) in [7, 11) is -4.33. The van der Waals surface area contributed by atoms with E-state index in [9.17, 15) is 26.4 Å². The van der Waals surface area contributed by atoms with E-state index < -0.39 is 49.3 Å². The summed E-state index contributed by atoms with van der Waals surface area (Å²) in [6.45, 7) is 0. The molecule has 2 aromatic carbocycles. The highest BCUT2D eigenvalue weighted by Gasteiger charge is 2.26. The smallest absolute Gasteiger partial charge is 0.188 e. The first-order valence-electron chi connectivity index (χ1n) is 5.77. The molecule has 0 atom stereocenters. The molecule has 0 radical (unpaired) electrons. The van der Waals surface area contributed by atoms with Gasteiger partial charge in [-0.2, -0.15) is 0 Å². The van der Waals surface area contributed by atoms with Crippen molar-refractivity contribution in [2.75, 3.05) is 5.75 Å². The number of Topliss-reactive ketones (excluding diaryl/α,β-unsaturated/α-hetero) is 1. The minimum Gasteiger partial charge on any atom is -0.293 e. The average Bonchev–Trinajstić information content (AvgIpc) is 2.38. The fraction of sp³-hybridized carbons (Fsp3) is 0.0714. The highest BCUT2D eigenvalue weighted by molar-refractivity contribution is 7.92. The predicted octanol–water partition coefficient (Wildman–Crippen LogP) is 2.76. The summed E-state index contributed by atoms with van der Waals surface area (Å²) in [6.07, 6.45) is 0. The van der Waals surface area contributed by atoms with Gasteiger partial charge in [-0.15, -0.1) is 0 Å². The maximum Gasteiger partial charge on any atom is 0.188 e. The van der Waals surface area contributed by atoms with Crippen LogP contribution in [0.15, 0.2) is 47.4 Å². The van der Waals surface area contributed by atoms with Crippen molar-refractivity contribution in [2.24, 2.45) is 0 Å². The Bertz CT molecular complexity index is 781. The quantitative estimate of drug-likeness (QED) is 0.815. The first-order valence-corrected chi connectivity index (χ1v) is 7.42. The van der Waals surface area contributed by atoms with Gasteiger partial charge in [0.25, 0.3) is 0 Å². The molecule has 7 heteroatoms. The molecule has 0 aliphatic rings. The van der Waals surface area contributed by atoms with Gasteiger partial charge >= 0.3 is 0 Å². The molecule has 0 unspecified atom stereocenters. The molecule has 0 saturated carbocycles. The van der Waals surface area contributed by atoms with Gasteiger partial charge in [0.2, 0.25) is 0 Å². The van der Waals surface area contributed by atoms with Crippen molar-refractivity contribution in [3.05, 3.63) is 65.5 Å². The van der Waals surface area contributed by atoms with Gasteiger partial charge in [-0.1, -0.05) is 18.2 Å². The number of rotatable bonds is 4. The van der Waals surface area contributed by atoms with E-state index in [1.54, 1.807) is 0 Å². The monoisotopic (exact) mass is 314 g/mol. The average molecular weight is 314 g/mol. The topological polar surface area (TPSA) is 51.2 Å². The van der Waals surface area contributed by atoms with Crippen LogP contribution in [0.25, 0.3) is 0 Å². The molecule has 110 valence electrons. The maximum absolute atomic E-state index is 13.5. The molecule has 0 heterocycles. The second kappa shape index (κ2) is 5.69. The lowest BCUT2D eigenvalue weighted by Crippen LogP contribution is -2.19. The molecular weight excluding hydrogens is 305 g/mol. The van der Waals surface area contributed by atoms with E-state index >= 15 is 0 Å². The van der Waals surface area contributed by atoms with E-state index in [1.165, 1.54) is 12.1 Å². The van der Waals surface area contributed by atoms with E-state index in [-0.39, 0.29) is 0 Å². The molecular formula is C14H9F3O3S. The van der Waals surface area contributed by atoms with Gasteiger partial charge in [0.05, 0.1) is 5.56 Å². The van der Waals surface area contributed by atoms with Gasteiger partial charge in [-0.3, -0.25) is 4.79 Å². The van der Waals surface area contributed by atoms with Crippen molar-refractivity contribution in [1.29, 1.82) is 0 Å². The maximum atomic E-state index is 13.5. The Labute approximate surface area is 119 Å². The summed E-state index contributed by atoms with van der Waals surface area (Å²) in [5, 5.41) is 0. The standard InChI is InChI=1S/C14H9F3O3S/c15-9-4-1-2-7-13(9)21(19,20)8-12(18)14-10(16)5-3-6-11(14)17/h1-7H,8H2. The molecule has 0 N–H and O–H groups in total. The largest absolute Gasteiger partial charge is 0.293 e. The van der Waals surface area contributed by atoms with Gasteiger partial charge < -0.3 is 0 Å². The lowest BCUT2D eigenvalue weighted by molar-refractivity contribution is 0.101. The number of carbonyl (C=O) groups excluding carboxylic acids is 1. The van der Waals surface area contributed by atoms with E-state index in [1.807, 2.05) is 0 Å². The third kappa shape index (κ3) is 3.13. The van der Waals surface area contributed by atoms with Crippen LogP contribution >= 0.6 is 0 Å². The molecule has 0 aliphatic carbocycles. The van der Waals surface area contributed by atoms with Gasteiger partial charge in [0, 0.05) is 0 Å². The van der Waals surface area contributed by atoms with Crippen LogP contribution in [0.3, 0.4) is 0 Å². The van der Waals surface area contributed by atoms with Crippen LogP contribution in [-0.2, 0) is 9.84 Å². The van der Waals surface area contributed by atoms with Crippen LogP contribution in [0.1, 0.15) is 10.4 Å². The lowest BCUT2D eigenvalue weighted by atomic mass is 10.1. The van der Waals surface area contributed by atoms with Crippen molar-refractivity contribution in [1.82, 2.24) is 0 Å². The summed E-state index contributed by atoms with van der Waals surface area (Å²) in [5.74, 6) is -5.84. The van der Waals surface area contributed by atoms with Gasteiger partial charge in [0.15, 0.2) is 15.6 Å². The summed E-state index contributed by atoms with van der Waals surface area (Å²) >= 11 is 0. The van der Waals surface area contributed by atoms with Gasteiger partial charge in [0.1, 0.15) is 28.1 Å². The molecule has 21 heavy (non-hydrogen) atoms. The second-order valence-electron chi connectivity index (χ2n) is 4.21. The number of sulfone groups is 1. The van der Waals surface area contributed by atoms with Gasteiger partial charge in [-0.25, -0.2) is 21.6 Å². The third-order valence-electron chi connectivity index (χ3n) is 2.73. The minimum absolute atomic E-state index is 0.685. The van der Waals surface area contributed by atoms with Crippen LogP contribution in [-0.4, -0.2) is 20.0 Å². The van der Waals surface area contributed by atoms with E-state index in [0.717, 1.165) is 30.3 Å². The molecule has 2 rings (SSSR count). The minimum atomic E-state index is -4.33. The first kappa shape index (κ1) is 15.2.